The first-order valence-electron chi connectivity index (χ1n) is 20.4. The van der Waals surface area contributed by atoms with Gasteiger partial charge < -0.3 is 4.90 Å². The van der Waals surface area contributed by atoms with Crippen molar-refractivity contribution in [1.29, 1.82) is 0 Å². The van der Waals surface area contributed by atoms with Crippen LogP contribution in [-0.2, 0) is 10.8 Å². The number of anilines is 3. The van der Waals surface area contributed by atoms with E-state index in [-0.39, 0.29) is 10.8 Å². The van der Waals surface area contributed by atoms with Gasteiger partial charge in [0.15, 0.2) is 0 Å². The van der Waals surface area contributed by atoms with Crippen LogP contribution in [0.15, 0.2) is 152 Å². The molecule has 7 aromatic carbocycles. The van der Waals surface area contributed by atoms with E-state index in [0.717, 1.165) is 23.7 Å². The topological polar surface area (TPSA) is 3.24 Å². The minimum atomic E-state index is -0.0901. The summed E-state index contributed by atoms with van der Waals surface area (Å²) in [5, 5.41) is 2.52. The maximum atomic E-state index is 2.58. The Kier molecular flexibility index (Phi) is 6.36. The largest absolute Gasteiger partial charge is 0.309 e. The zero-order chi connectivity index (χ0) is 35.8. The lowest BCUT2D eigenvalue weighted by molar-refractivity contribution is -0.0399. The molecule has 0 heterocycles. The van der Waals surface area contributed by atoms with Crippen LogP contribution < -0.4 is 4.90 Å². The van der Waals surface area contributed by atoms with E-state index < -0.39 is 0 Å². The average Bonchev–Trinajstić information content (AvgIpc) is 3.62. The van der Waals surface area contributed by atoms with E-state index in [1.165, 1.54) is 104 Å². The van der Waals surface area contributed by atoms with Gasteiger partial charge in [0.1, 0.15) is 0 Å². The summed E-state index contributed by atoms with van der Waals surface area (Å²) in [6, 6.07) is 58.0. The quantitative estimate of drug-likeness (QED) is 0.177. The van der Waals surface area contributed by atoms with E-state index in [1.807, 2.05) is 0 Å². The molecule has 0 aromatic heterocycles. The molecule has 7 aromatic rings. The Morgan fingerprint density at radius 3 is 1.83 bits per heavy atom. The number of rotatable bonds is 4. The summed E-state index contributed by atoms with van der Waals surface area (Å²) >= 11 is 0. The maximum absolute atomic E-state index is 2.58. The highest BCUT2D eigenvalue weighted by molar-refractivity contribution is 6.07. The predicted molar refractivity (Wildman–Crippen MR) is 225 cm³/mol. The van der Waals surface area contributed by atoms with Crippen LogP contribution in [0.25, 0.3) is 44.2 Å². The number of benzene rings is 7. The van der Waals surface area contributed by atoms with Crippen LogP contribution in [0.3, 0.4) is 0 Å². The minimum absolute atomic E-state index is 0.0901. The molecular formula is C53H45N. The zero-order valence-electron chi connectivity index (χ0n) is 31.2. The summed E-state index contributed by atoms with van der Waals surface area (Å²) < 4.78 is 0. The molecule has 0 radical (unpaired) electrons. The van der Waals surface area contributed by atoms with Crippen LogP contribution in [-0.4, -0.2) is 0 Å². The van der Waals surface area contributed by atoms with Gasteiger partial charge in [-0.05, 0) is 142 Å². The molecule has 262 valence electrons. The molecule has 0 amide bonds. The lowest BCUT2D eigenvalue weighted by atomic mass is 9.43. The molecule has 0 aliphatic heterocycles. The molecule has 4 bridgehead atoms. The van der Waals surface area contributed by atoms with Crippen molar-refractivity contribution in [2.45, 2.75) is 56.8 Å². The minimum Gasteiger partial charge on any atom is -0.309 e. The summed E-state index contributed by atoms with van der Waals surface area (Å²) in [4.78, 5) is 2.54. The Labute approximate surface area is 319 Å². The Balaban J connectivity index is 1.08. The van der Waals surface area contributed by atoms with Crippen LogP contribution >= 0.6 is 0 Å². The molecule has 1 heteroatoms. The lowest BCUT2D eigenvalue weighted by Crippen LogP contribution is -2.55. The number of hydrogen-bond acceptors (Lipinski definition) is 1. The second-order valence-electron chi connectivity index (χ2n) is 17.7. The molecule has 0 atom stereocenters. The van der Waals surface area contributed by atoms with E-state index in [0.29, 0.717) is 0 Å². The van der Waals surface area contributed by atoms with Gasteiger partial charge in [0.25, 0.3) is 0 Å². The Morgan fingerprint density at radius 1 is 0.444 bits per heavy atom. The van der Waals surface area contributed by atoms with Crippen LogP contribution in [0.2, 0.25) is 0 Å². The van der Waals surface area contributed by atoms with Crippen molar-refractivity contribution in [1.82, 2.24) is 0 Å². The van der Waals surface area contributed by atoms with Gasteiger partial charge in [-0.15, -0.1) is 0 Å². The molecule has 13 rings (SSSR count). The first kappa shape index (κ1) is 31.0. The maximum Gasteiger partial charge on any atom is 0.0618 e. The average molecular weight is 696 g/mol. The fourth-order valence-electron chi connectivity index (χ4n) is 12.9. The molecule has 4 saturated carbocycles. The van der Waals surface area contributed by atoms with Crippen LogP contribution in [0.1, 0.15) is 68.2 Å². The lowest BCUT2D eigenvalue weighted by Gasteiger charge is -2.61. The third-order valence-electron chi connectivity index (χ3n) is 14.8. The second kappa shape index (κ2) is 11.1. The molecule has 0 N–H and O–H groups in total. The van der Waals surface area contributed by atoms with Crippen molar-refractivity contribution in [3.63, 3.8) is 0 Å². The second-order valence-corrected chi connectivity index (χ2v) is 17.7. The molecule has 0 unspecified atom stereocenters. The highest BCUT2D eigenvalue weighted by Crippen LogP contribution is 2.69. The van der Waals surface area contributed by atoms with Gasteiger partial charge in [0, 0.05) is 33.2 Å². The standard InChI is InChI=1S/C53H45N/c1-52(2)47-18-10-8-16-43(47)45-24-22-40(32-50(45)52)54(39-13-4-3-5-14-39)51-41-15-7-6-12-35(41)20-23-42(51)36-21-25-49-46(31-36)44-17-9-11-19-48(44)53(49)37-27-33-26-34(29-37)30-38(53)28-33/h3-25,31-34,37-38H,26-30H2,1-2H3. The van der Waals surface area contributed by atoms with Crippen molar-refractivity contribution in [3.05, 3.63) is 174 Å². The van der Waals surface area contributed by atoms with Crippen molar-refractivity contribution in [2.24, 2.45) is 23.7 Å². The van der Waals surface area contributed by atoms with Gasteiger partial charge in [0.2, 0.25) is 0 Å². The number of fused-ring (bicyclic) bond motifs is 7. The summed E-state index contributed by atoms with van der Waals surface area (Å²) in [6.45, 7) is 4.77. The third-order valence-corrected chi connectivity index (χ3v) is 14.8. The van der Waals surface area contributed by atoms with Gasteiger partial charge >= 0.3 is 0 Å². The molecule has 6 aliphatic rings. The summed E-state index contributed by atoms with van der Waals surface area (Å²) in [6.07, 6.45) is 7.12. The predicted octanol–water partition coefficient (Wildman–Crippen LogP) is 14.0. The Bertz CT molecular complexity index is 2630. The molecular weight excluding hydrogens is 651 g/mol. The monoisotopic (exact) mass is 695 g/mol. The van der Waals surface area contributed by atoms with Gasteiger partial charge in [-0.1, -0.05) is 135 Å². The normalized spacial score (nSPS) is 24.7. The van der Waals surface area contributed by atoms with Crippen LogP contribution in [0.4, 0.5) is 17.1 Å². The summed E-state index contributed by atoms with van der Waals surface area (Å²) in [5.74, 6) is 3.41. The number of hydrogen-bond donors (Lipinski definition) is 0. The molecule has 4 fully saturated rings. The van der Waals surface area contributed by atoms with Gasteiger partial charge in [-0.2, -0.15) is 0 Å². The van der Waals surface area contributed by atoms with Gasteiger partial charge in [-0.25, -0.2) is 0 Å². The van der Waals surface area contributed by atoms with Gasteiger partial charge in [-0.3, -0.25) is 0 Å². The highest BCUT2D eigenvalue weighted by Gasteiger charge is 2.61. The highest BCUT2D eigenvalue weighted by atomic mass is 15.1. The smallest absolute Gasteiger partial charge is 0.0618 e. The van der Waals surface area contributed by atoms with Crippen molar-refractivity contribution >= 4 is 27.8 Å². The Hall–Kier alpha value is -5.40. The van der Waals surface area contributed by atoms with Crippen molar-refractivity contribution < 1.29 is 0 Å². The molecule has 54 heavy (non-hydrogen) atoms. The van der Waals surface area contributed by atoms with Crippen molar-refractivity contribution in [3.8, 4) is 33.4 Å². The number of para-hydroxylation sites is 1. The molecule has 0 saturated heterocycles. The van der Waals surface area contributed by atoms with E-state index >= 15 is 0 Å². The molecule has 6 aliphatic carbocycles. The third kappa shape index (κ3) is 4.05. The SMILES string of the molecule is CC1(C)c2ccccc2-c2ccc(N(c3ccccc3)c3c(-c4ccc5c(c4)-c4ccccc4C54C5CC6CC(C5)CC4C6)ccc4ccccc34)cc21. The molecule has 1 nitrogen and oxygen atoms in total. The fraction of sp³-hybridized carbons (Fsp3) is 0.245. The van der Waals surface area contributed by atoms with Gasteiger partial charge in [0.05, 0.1) is 5.69 Å². The summed E-state index contributed by atoms with van der Waals surface area (Å²) in [5.41, 5.74) is 17.9. The summed E-state index contributed by atoms with van der Waals surface area (Å²) in [7, 11) is 0. The number of nitrogens with zero attached hydrogens (tertiary/aromatic N) is 1. The first-order valence-corrected chi connectivity index (χ1v) is 20.4. The van der Waals surface area contributed by atoms with Crippen LogP contribution in [0, 0.1) is 23.7 Å². The van der Waals surface area contributed by atoms with Crippen molar-refractivity contribution in [2.75, 3.05) is 4.90 Å². The first-order chi connectivity index (χ1) is 26.5. The molecule has 1 spiro atoms. The zero-order valence-corrected chi connectivity index (χ0v) is 31.2. The van der Waals surface area contributed by atoms with Crippen LogP contribution in [0.5, 0.6) is 0 Å². The fourth-order valence-corrected chi connectivity index (χ4v) is 12.9. The van der Waals surface area contributed by atoms with E-state index in [1.54, 1.807) is 11.1 Å². The van der Waals surface area contributed by atoms with E-state index in [4.69, 9.17) is 0 Å². The van der Waals surface area contributed by atoms with E-state index in [2.05, 4.69) is 170 Å². The Morgan fingerprint density at radius 2 is 1.06 bits per heavy atom. The van der Waals surface area contributed by atoms with E-state index in [9.17, 15) is 0 Å².